The van der Waals surface area contributed by atoms with Crippen LogP contribution in [-0.2, 0) is 19.1 Å². The predicted molar refractivity (Wildman–Crippen MR) is 40.3 cm³/mol. The number of carbonyl (C=O) groups excluding carboxylic acids is 2. The fourth-order valence-corrected chi connectivity index (χ4v) is 1.32. The lowest BCUT2D eigenvalue weighted by Crippen LogP contribution is -2.35. The van der Waals surface area contributed by atoms with Crippen LogP contribution in [0.25, 0.3) is 0 Å². The smallest absolute Gasteiger partial charge is 0.312 e. The molecule has 0 aliphatic carbocycles. The van der Waals surface area contributed by atoms with Crippen LogP contribution in [0.15, 0.2) is 0 Å². The van der Waals surface area contributed by atoms with Crippen molar-refractivity contribution in [3.63, 3.8) is 0 Å². The maximum Gasteiger partial charge on any atom is 0.312 e. The van der Waals surface area contributed by atoms with E-state index < -0.39 is 0 Å². The Balaban J connectivity index is 2.56. The van der Waals surface area contributed by atoms with Gasteiger partial charge in [0, 0.05) is 6.42 Å². The van der Waals surface area contributed by atoms with E-state index in [0.29, 0.717) is 12.8 Å². The molecular formula is C8H12O4. The van der Waals surface area contributed by atoms with Gasteiger partial charge in [0.05, 0.1) is 13.0 Å². The molecule has 1 saturated heterocycles. The minimum atomic E-state index is -0.348. The van der Waals surface area contributed by atoms with Gasteiger partial charge in [-0.1, -0.05) is 0 Å². The number of carbonyl (C=O) groups is 2. The topological polar surface area (TPSA) is 52.6 Å². The van der Waals surface area contributed by atoms with Gasteiger partial charge in [0.25, 0.3) is 0 Å². The van der Waals surface area contributed by atoms with Crippen LogP contribution >= 0.6 is 0 Å². The second-order valence-corrected chi connectivity index (χ2v) is 2.86. The van der Waals surface area contributed by atoms with Gasteiger partial charge < -0.3 is 9.47 Å². The van der Waals surface area contributed by atoms with Crippen LogP contribution in [0.5, 0.6) is 0 Å². The van der Waals surface area contributed by atoms with Crippen LogP contribution in [0.3, 0.4) is 0 Å². The largest absolute Gasteiger partial charge is 0.469 e. The molecule has 1 fully saturated rings. The summed E-state index contributed by atoms with van der Waals surface area (Å²) in [4.78, 5) is 21.8. The van der Waals surface area contributed by atoms with Gasteiger partial charge in [-0.2, -0.15) is 0 Å². The molecule has 0 N–H and O–H groups in total. The van der Waals surface area contributed by atoms with Crippen molar-refractivity contribution in [2.45, 2.75) is 25.9 Å². The molecule has 0 spiro atoms. The maximum absolute atomic E-state index is 11.1. The van der Waals surface area contributed by atoms with E-state index >= 15 is 0 Å². The summed E-state index contributed by atoms with van der Waals surface area (Å²) < 4.78 is 9.45. The highest BCUT2D eigenvalue weighted by Crippen LogP contribution is 2.22. The Hall–Kier alpha value is -1.06. The highest BCUT2D eigenvalue weighted by molar-refractivity contribution is 5.77. The zero-order chi connectivity index (χ0) is 9.14. The zero-order valence-electron chi connectivity index (χ0n) is 7.20. The van der Waals surface area contributed by atoms with Crippen molar-refractivity contribution in [3.8, 4) is 0 Å². The molecule has 0 aromatic rings. The lowest BCUT2D eigenvalue weighted by atomic mass is 9.95. The summed E-state index contributed by atoms with van der Waals surface area (Å²) in [5, 5.41) is 0. The van der Waals surface area contributed by atoms with Crippen molar-refractivity contribution >= 4 is 11.9 Å². The SMILES string of the molecule is COC(=O)[C@H]1CCC(=O)O[C@H]1C. The Bertz CT molecular complexity index is 199. The van der Waals surface area contributed by atoms with E-state index in [1.165, 1.54) is 7.11 Å². The Morgan fingerprint density at radius 1 is 1.67 bits per heavy atom. The number of methoxy groups -OCH3 is 1. The Morgan fingerprint density at radius 2 is 2.33 bits per heavy atom. The summed E-state index contributed by atoms with van der Waals surface area (Å²) in [6.45, 7) is 1.71. The number of hydrogen-bond donors (Lipinski definition) is 0. The number of esters is 2. The molecule has 0 aromatic heterocycles. The Morgan fingerprint density at radius 3 is 2.83 bits per heavy atom. The average molecular weight is 172 g/mol. The van der Waals surface area contributed by atoms with E-state index in [4.69, 9.17) is 4.74 Å². The fraction of sp³-hybridized carbons (Fsp3) is 0.750. The van der Waals surface area contributed by atoms with Crippen LogP contribution in [-0.4, -0.2) is 25.2 Å². The molecule has 1 rings (SSSR count). The Labute approximate surface area is 70.8 Å². The van der Waals surface area contributed by atoms with Crippen molar-refractivity contribution in [2.75, 3.05) is 7.11 Å². The standard InChI is InChI=1S/C8H12O4/c1-5-6(8(10)11-2)3-4-7(9)12-5/h5-6H,3-4H2,1-2H3/t5-,6-/m0/s1. The highest BCUT2D eigenvalue weighted by Gasteiger charge is 2.33. The van der Waals surface area contributed by atoms with E-state index in [1.54, 1.807) is 6.92 Å². The maximum atomic E-state index is 11.1. The third-order valence-electron chi connectivity index (χ3n) is 2.05. The van der Waals surface area contributed by atoms with E-state index in [9.17, 15) is 9.59 Å². The molecule has 0 saturated carbocycles. The van der Waals surface area contributed by atoms with Crippen molar-refractivity contribution in [2.24, 2.45) is 5.92 Å². The minimum absolute atomic E-state index is 0.234. The molecule has 0 bridgehead atoms. The van der Waals surface area contributed by atoms with Crippen LogP contribution in [0, 0.1) is 5.92 Å². The van der Waals surface area contributed by atoms with Gasteiger partial charge in [-0.15, -0.1) is 0 Å². The van der Waals surface area contributed by atoms with Gasteiger partial charge in [0.1, 0.15) is 6.10 Å². The molecular weight excluding hydrogens is 160 g/mol. The lowest BCUT2D eigenvalue weighted by molar-refractivity contribution is -0.166. The average Bonchev–Trinajstić information content (AvgIpc) is 2.03. The second kappa shape index (κ2) is 3.56. The van der Waals surface area contributed by atoms with Gasteiger partial charge in [0.15, 0.2) is 0 Å². The van der Waals surface area contributed by atoms with Gasteiger partial charge in [0.2, 0.25) is 0 Å². The number of cyclic esters (lactones) is 1. The van der Waals surface area contributed by atoms with Crippen molar-refractivity contribution in [1.29, 1.82) is 0 Å². The summed E-state index contributed by atoms with van der Waals surface area (Å²) in [6.07, 6.45) is 0.496. The van der Waals surface area contributed by atoms with Gasteiger partial charge in [-0.05, 0) is 13.3 Å². The molecule has 1 aliphatic heterocycles. The number of ether oxygens (including phenoxy) is 2. The third kappa shape index (κ3) is 1.75. The normalized spacial score (nSPS) is 29.3. The molecule has 0 aromatic carbocycles. The summed E-state index contributed by atoms with van der Waals surface area (Å²) >= 11 is 0. The van der Waals surface area contributed by atoms with Crippen LogP contribution < -0.4 is 0 Å². The molecule has 0 radical (unpaired) electrons. The van der Waals surface area contributed by atoms with E-state index in [1.807, 2.05) is 0 Å². The quantitative estimate of drug-likeness (QED) is 0.540. The molecule has 1 aliphatic rings. The second-order valence-electron chi connectivity index (χ2n) is 2.86. The molecule has 0 unspecified atom stereocenters. The first-order chi connectivity index (χ1) is 5.65. The summed E-state index contributed by atoms with van der Waals surface area (Å²) in [6, 6.07) is 0. The molecule has 2 atom stereocenters. The minimum Gasteiger partial charge on any atom is -0.469 e. The summed E-state index contributed by atoms with van der Waals surface area (Å²) in [5.74, 6) is -0.814. The van der Waals surface area contributed by atoms with Crippen LogP contribution in [0.1, 0.15) is 19.8 Å². The Kier molecular flexibility index (Phi) is 2.68. The molecule has 1 heterocycles. The monoisotopic (exact) mass is 172 g/mol. The molecule has 12 heavy (non-hydrogen) atoms. The van der Waals surface area contributed by atoms with Gasteiger partial charge >= 0.3 is 11.9 Å². The van der Waals surface area contributed by atoms with E-state index in [2.05, 4.69) is 4.74 Å². The fourth-order valence-electron chi connectivity index (χ4n) is 1.32. The van der Waals surface area contributed by atoms with Gasteiger partial charge in [-0.25, -0.2) is 0 Å². The zero-order valence-corrected chi connectivity index (χ0v) is 7.20. The van der Waals surface area contributed by atoms with E-state index in [0.717, 1.165) is 0 Å². The highest BCUT2D eigenvalue weighted by atomic mass is 16.6. The molecule has 4 heteroatoms. The van der Waals surface area contributed by atoms with Crippen LogP contribution in [0.4, 0.5) is 0 Å². The van der Waals surface area contributed by atoms with Crippen molar-refractivity contribution in [3.05, 3.63) is 0 Å². The third-order valence-corrected chi connectivity index (χ3v) is 2.05. The van der Waals surface area contributed by atoms with Crippen molar-refractivity contribution in [1.82, 2.24) is 0 Å². The van der Waals surface area contributed by atoms with E-state index in [-0.39, 0.29) is 24.0 Å². The molecule has 0 amide bonds. The summed E-state index contributed by atoms with van der Waals surface area (Å²) in [5.41, 5.74) is 0. The number of hydrogen-bond acceptors (Lipinski definition) is 4. The van der Waals surface area contributed by atoms with Crippen LogP contribution in [0.2, 0.25) is 0 Å². The van der Waals surface area contributed by atoms with Gasteiger partial charge in [-0.3, -0.25) is 9.59 Å². The first-order valence-electron chi connectivity index (χ1n) is 3.92. The predicted octanol–water partition coefficient (Wildman–Crippen LogP) is 0.501. The van der Waals surface area contributed by atoms with Crippen molar-refractivity contribution < 1.29 is 19.1 Å². The molecule has 4 nitrogen and oxygen atoms in total. The first-order valence-corrected chi connectivity index (χ1v) is 3.92. The lowest BCUT2D eigenvalue weighted by Gasteiger charge is -2.25. The molecule has 68 valence electrons. The number of rotatable bonds is 1. The first kappa shape index (κ1) is 9.03. The summed E-state index contributed by atoms with van der Waals surface area (Å²) in [7, 11) is 1.34.